The summed E-state index contributed by atoms with van der Waals surface area (Å²) in [5.74, 6) is 1.20. The van der Waals surface area contributed by atoms with Crippen LogP contribution in [-0.4, -0.2) is 34.9 Å². The van der Waals surface area contributed by atoms with Gasteiger partial charge in [-0.2, -0.15) is 0 Å². The van der Waals surface area contributed by atoms with Gasteiger partial charge in [-0.1, -0.05) is 30.1 Å². The number of amides is 1. The molecule has 0 unspecified atom stereocenters. The third kappa shape index (κ3) is 4.20. The third-order valence-corrected chi connectivity index (χ3v) is 5.07. The van der Waals surface area contributed by atoms with Gasteiger partial charge in [-0.15, -0.1) is 6.58 Å². The predicted octanol–water partition coefficient (Wildman–Crippen LogP) is 4.63. The minimum atomic E-state index is -0.104. The van der Waals surface area contributed by atoms with Gasteiger partial charge in [0.2, 0.25) is 0 Å². The van der Waals surface area contributed by atoms with E-state index in [1.54, 1.807) is 6.08 Å². The van der Waals surface area contributed by atoms with Gasteiger partial charge in [0.15, 0.2) is 11.5 Å². The van der Waals surface area contributed by atoms with Crippen molar-refractivity contribution in [2.24, 2.45) is 0 Å². The van der Waals surface area contributed by atoms with Crippen molar-refractivity contribution in [2.45, 2.75) is 13.8 Å². The Morgan fingerprint density at radius 1 is 1.33 bits per heavy atom. The quantitative estimate of drug-likeness (QED) is 0.360. The summed E-state index contributed by atoms with van der Waals surface area (Å²) in [4.78, 5) is 14.5. The van der Waals surface area contributed by atoms with Gasteiger partial charge in [0.05, 0.1) is 22.6 Å². The number of carbonyl (C=O) groups excluding carboxylic acids is 1. The molecule has 2 rings (SSSR count). The topological polar surface area (TPSA) is 38.8 Å². The molecule has 0 radical (unpaired) electrons. The van der Waals surface area contributed by atoms with Crippen LogP contribution in [0.4, 0.5) is 0 Å². The van der Waals surface area contributed by atoms with Gasteiger partial charge < -0.3 is 9.47 Å². The van der Waals surface area contributed by atoms with Crippen LogP contribution in [0.2, 0.25) is 0 Å². The zero-order valence-corrected chi connectivity index (χ0v) is 16.7. The molecule has 1 aromatic rings. The lowest BCUT2D eigenvalue weighted by Gasteiger charge is -2.13. The summed E-state index contributed by atoms with van der Waals surface area (Å²) in [5.41, 5.74) is 0.841. The zero-order chi connectivity index (χ0) is 17.7. The summed E-state index contributed by atoms with van der Waals surface area (Å²) in [6.45, 7) is 8.97. The van der Waals surface area contributed by atoms with Crippen LogP contribution in [0.15, 0.2) is 34.2 Å². The first kappa shape index (κ1) is 19.0. The van der Waals surface area contributed by atoms with E-state index in [2.05, 4.69) is 22.5 Å². The smallest absolute Gasteiger partial charge is 0.266 e. The van der Waals surface area contributed by atoms with E-state index in [-0.39, 0.29) is 5.91 Å². The second-order valence-corrected chi connectivity index (χ2v) is 7.31. The number of ether oxygens (including phenoxy) is 2. The molecule has 4 nitrogen and oxygen atoms in total. The highest BCUT2D eigenvalue weighted by molar-refractivity contribution is 9.10. The van der Waals surface area contributed by atoms with Crippen LogP contribution in [-0.2, 0) is 4.79 Å². The van der Waals surface area contributed by atoms with Crippen molar-refractivity contribution in [1.82, 2.24) is 4.90 Å². The van der Waals surface area contributed by atoms with E-state index in [9.17, 15) is 4.79 Å². The van der Waals surface area contributed by atoms with Crippen LogP contribution in [0, 0.1) is 0 Å². The van der Waals surface area contributed by atoms with Crippen LogP contribution >= 0.6 is 39.9 Å². The molecule has 128 valence electrons. The van der Waals surface area contributed by atoms with Crippen LogP contribution in [0.1, 0.15) is 19.4 Å². The van der Waals surface area contributed by atoms with Crippen molar-refractivity contribution in [3.63, 3.8) is 0 Å². The predicted molar refractivity (Wildman–Crippen MR) is 107 cm³/mol. The van der Waals surface area contributed by atoms with Crippen molar-refractivity contribution >= 4 is 56.2 Å². The minimum Gasteiger partial charge on any atom is -0.490 e. The maximum atomic E-state index is 12.4. The summed E-state index contributed by atoms with van der Waals surface area (Å²) in [6, 6.07) is 3.76. The summed E-state index contributed by atoms with van der Waals surface area (Å²) in [7, 11) is 0. The van der Waals surface area contributed by atoms with E-state index < -0.39 is 0 Å². The number of carbonyl (C=O) groups is 1. The maximum Gasteiger partial charge on any atom is 0.266 e. The molecule has 1 amide bonds. The second kappa shape index (κ2) is 8.69. The maximum absolute atomic E-state index is 12.4. The molecule has 0 N–H and O–H groups in total. The number of thiocarbonyl (C=S) groups is 1. The Balaban J connectivity index is 2.37. The molecule has 0 spiro atoms. The number of rotatable bonds is 7. The van der Waals surface area contributed by atoms with E-state index in [1.807, 2.05) is 32.1 Å². The Morgan fingerprint density at radius 2 is 2.04 bits per heavy atom. The van der Waals surface area contributed by atoms with Crippen molar-refractivity contribution < 1.29 is 14.3 Å². The third-order valence-electron chi connectivity index (χ3n) is 3.10. The van der Waals surface area contributed by atoms with Crippen molar-refractivity contribution in [3.8, 4) is 11.5 Å². The lowest BCUT2D eigenvalue weighted by atomic mass is 10.2. The van der Waals surface area contributed by atoms with Crippen molar-refractivity contribution in [3.05, 3.63) is 39.7 Å². The number of halogens is 1. The van der Waals surface area contributed by atoms with Crippen molar-refractivity contribution in [1.29, 1.82) is 0 Å². The Hall–Kier alpha value is -1.31. The van der Waals surface area contributed by atoms with Crippen LogP contribution < -0.4 is 9.47 Å². The van der Waals surface area contributed by atoms with Crippen LogP contribution in [0.3, 0.4) is 0 Å². The van der Waals surface area contributed by atoms with E-state index >= 15 is 0 Å². The van der Waals surface area contributed by atoms with Crippen LogP contribution in [0.5, 0.6) is 11.5 Å². The molecular formula is C17H18BrNO3S2. The number of thioether (sulfide) groups is 1. The molecule has 0 bridgehead atoms. The van der Waals surface area contributed by atoms with E-state index in [0.29, 0.717) is 40.5 Å². The van der Waals surface area contributed by atoms with Gasteiger partial charge in [-0.05, 0) is 53.5 Å². The fraction of sp³-hybridized carbons (Fsp3) is 0.294. The first-order valence-corrected chi connectivity index (χ1v) is 9.49. The normalized spacial score (nSPS) is 16.0. The van der Waals surface area contributed by atoms with Gasteiger partial charge in [-0.25, -0.2) is 0 Å². The molecule has 0 saturated carbocycles. The molecule has 1 heterocycles. The van der Waals surface area contributed by atoms with E-state index in [0.717, 1.165) is 10.0 Å². The fourth-order valence-corrected chi connectivity index (χ4v) is 4.01. The molecule has 0 atom stereocenters. The number of hydrogen-bond donors (Lipinski definition) is 0. The summed E-state index contributed by atoms with van der Waals surface area (Å²) in [6.07, 6.45) is 3.47. The van der Waals surface area contributed by atoms with Crippen LogP contribution in [0.25, 0.3) is 6.08 Å². The highest BCUT2D eigenvalue weighted by atomic mass is 79.9. The highest BCUT2D eigenvalue weighted by Gasteiger charge is 2.31. The Kier molecular flexibility index (Phi) is 6.89. The monoisotopic (exact) mass is 427 g/mol. The zero-order valence-electron chi connectivity index (χ0n) is 13.5. The van der Waals surface area contributed by atoms with Gasteiger partial charge in [0.25, 0.3) is 5.91 Å². The molecule has 7 heteroatoms. The molecule has 0 aliphatic carbocycles. The summed E-state index contributed by atoms with van der Waals surface area (Å²) >= 11 is 10.0. The van der Waals surface area contributed by atoms with E-state index in [1.165, 1.54) is 16.7 Å². The Labute approximate surface area is 160 Å². The second-order valence-electron chi connectivity index (χ2n) is 4.78. The first-order chi connectivity index (χ1) is 11.5. The van der Waals surface area contributed by atoms with Gasteiger partial charge in [0.1, 0.15) is 4.32 Å². The SMILES string of the molecule is C=CCN1C(=O)/C(=C/c2cc(Br)c(OCC)c(OCC)c2)SC1=S. The average molecular weight is 428 g/mol. The van der Waals surface area contributed by atoms with Gasteiger partial charge >= 0.3 is 0 Å². The fourth-order valence-electron chi connectivity index (χ4n) is 2.16. The molecule has 1 fully saturated rings. The average Bonchev–Trinajstić information content (AvgIpc) is 2.79. The molecule has 1 saturated heterocycles. The number of nitrogens with zero attached hydrogens (tertiary/aromatic N) is 1. The summed E-state index contributed by atoms with van der Waals surface area (Å²) < 4.78 is 12.6. The van der Waals surface area contributed by atoms with Crippen molar-refractivity contribution in [2.75, 3.05) is 19.8 Å². The van der Waals surface area contributed by atoms with E-state index in [4.69, 9.17) is 21.7 Å². The number of hydrogen-bond acceptors (Lipinski definition) is 5. The van der Waals surface area contributed by atoms with Gasteiger partial charge in [-0.3, -0.25) is 9.69 Å². The molecule has 24 heavy (non-hydrogen) atoms. The highest BCUT2D eigenvalue weighted by Crippen LogP contribution is 2.39. The standard InChI is InChI=1S/C17H18BrNO3S2/c1-4-7-19-16(20)14(24-17(19)23)10-11-8-12(18)15(22-6-3)13(9-11)21-5-2/h4,8-10H,1,5-7H2,2-3H3/b14-10-. The molecule has 1 aromatic carbocycles. The molecule has 1 aliphatic heterocycles. The largest absolute Gasteiger partial charge is 0.490 e. The minimum absolute atomic E-state index is 0.104. The Morgan fingerprint density at radius 3 is 2.67 bits per heavy atom. The molecule has 0 aromatic heterocycles. The Bertz CT molecular complexity index is 703. The summed E-state index contributed by atoms with van der Waals surface area (Å²) in [5, 5.41) is 0. The lowest BCUT2D eigenvalue weighted by molar-refractivity contribution is -0.121. The first-order valence-electron chi connectivity index (χ1n) is 7.47. The molecular weight excluding hydrogens is 410 g/mol. The number of benzene rings is 1. The van der Waals surface area contributed by atoms with Gasteiger partial charge in [0, 0.05) is 6.54 Å². The molecule has 1 aliphatic rings. The lowest BCUT2D eigenvalue weighted by Crippen LogP contribution is -2.27.